The summed E-state index contributed by atoms with van der Waals surface area (Å²) in [4.78, 5) is 31.2. The first-order valence-electron chi connectivity index (χ1n) is 9.77. The Labute approximate surface area is 161 Å². The quantitative estimate of drug-likeness (QED) is 0.759. The van der Waals surface area contributed by atoms with E-state index in [-0.39, 0.29) is 18.0 Å². The van der Waals surface area contributed by atoms with Crippen molar-refractivity contribution in [2.75, 3.05) is 53.0 Å². The summed E-state index contributed by atoms with van der Waals surface area (Å²) < 4.78 is 4.97. The number of likely N-dealkylation sites (tertiary alicyclic amines) is 1. The van der Waals surface area contributed by atoms with Crippen LogP contribution in [-0.4, -0.2) is 85.7 Å². The van der Waals surface area contributed by atoms with Gasteiger partial charge in [-0.1, -0.05) is 30.3 Å². The van der Waals surface area contributed by atoms with Gasteiger partial charge in [0.25, 0.3) is 0 Å². The molecule has 1 atom stereocenters. The molecule has 1 N–H and O–H groups in total. The van der Waals surface area contributed by atoms with Gasteiger partial charge in [0.15, 0.2) is 0 Å². The molecule has 3 rings (SSSR count). The fourth-order valence-electron chi connectivity index (χ4n) is 3.85. The highest BCUT2D eigenvalue weighted by Gasteiger charge is 2.36. The molecule has 27 heavy (non-hydrogen) atoms. The van der Waals surface area contributed by atoms with Gasteiger partial charge in [-0.15, -0.1) is 0 Å². The lowest BCUT2D eigenvalue weighted by Gasteiger charge is -2.26. The third-order valence-electron chi connectivity index (χ3n) is 5.33. The second-order valence-electron chi connectivity index (χ2n) is 7.15. The molecule has 2 heterocycles. The van der Waals surface area contributed by atoms with Crippen molar-refractivity contribution in [3.05, 3.63) is 35.9 Å². The first-order chi connectivity index (χ1) is 13.2. The Morgan fingerprint density at radius 1 is 1.15 bits per heavy atom. The number of rotatable bonds is 6. The number of hydrogen-bond acceptors (Lipinski definition) is 4. The van der Waals surface area contributed by atoms with Gasteiger partial charge in [0.05, 0.1) is 12.6 Å². The number of ether oxygens (including phenoxy) is 1. The Balaban J connectivity index is 1.50. The number of urea groups is 1. The summed E-state index contributed by atoms with van der Waals surface area (Å²) >= 11 is 0. The number of methoxy groups -OCH3 is 1. The summed E-state index contributed by atoms with van der Waals surface area (Å²) in [6, 6.07) is 10.0. The molecule has 0 aromatic heterocycles. The van der Waals surface area contributed by atoms with Gasteiger partial charge in [-0.05, 0) is 18.4 Å². The lowest BCUT2D eigenvalue weighted by Crippen LogP contribution is -2.45. The van der Waals surface area contributed by atoms with Crippen LogP contribution in [0.25, 0.3) is 0 Å². The summed E-state index contributed by atoms with van der Waals surface area (Å²) in [6.45, 7) is 5.49. The maximum atomic E-state index is 12.9. The molecule has 0 radical (unpaired) electrons. The van der Waals surface area contributed by atoms with Crippen molar-refractivity contribution < 1.29 is 14.3 Å². The van der Waals surface area contributed by atoms with E-state index in [1.54, 1.807) is 7.11 Å². The smallest absolute Gasteiger partial charge is 0.317 e. The predicted octanol–water partition coefficient (Wildman–Crippen LogP) is 1.15. The molecule has 1 aromatic carbocycles. The van der Waals surface area contributed by atoms with Crippen LogP contribution in [0.4, 0.5) is 4.79 Å². The average molecular weight is 374 g/mol. The minimum absolute atomic E-state index is 0.0441. The van der Waals surface area contributed by atoms with E-state index >= 15 is 0 Å². The highest BCUT2D eigenvalue weighted by molar-refractivity contribution is 5.84. The second kappa shape index (κ2) is 9.71. The van der Waals surface area contributed by atoms with Crippen molar-refractivity contribution in [1.29, 1.82) is 0 Å². The number of hydrogen-bond donors (Lipinski definition) is 1. The van der Waals surface area contributed by atoms with E-state index in [0.29, 0.717) is 26.2 Å². The Hall–Kier alpha value is -2.12. The minimum atomic E-state index is -0.0507. The van der Waals surface area contributed by atoms with Gasteiger partial charge in [-0.2, -0.15) is 0 Å². The van der Waals surface area contributed by atoms with Crippen molar-refractivity contribution in [2.24, 2.45) is 0 Å². The highest BCUT2D eigenvalue weighted by Crippen LogP contribution is 2.21. The predicted molar refractivity (Wildman–Crippen MR) is 103 cm³/mol. The van der Waals surface area contributed by atoms with Gasteiger partial charge >= 0.3 is 6.03 Å². The maximum Gasteiger partial charge on any atom is 0.317 e. The first-order valence-corrected chi connectivity index (χ1v) is 9.77. The molecule has 2 aliphatic heterocycles. The zero-order valence-corrected chi connectivity index (χ0v) is 16.1. The summed E-state index contributed by atoms with van der Waals surface area (Å²) in [7, 11) is 1.62. The van der Waals surface area contributed by atoms with Gasteiger partial charge in [0.1, 0.15) is 0 Å². The summed E-state index contributed by atoms with van der Waals surface area (Å²) in [5.74, 6) is 0.219. The fraction of sp³-hybridized carbons (Fsp3) is 0.600. The van der Waals surface area contributed by atoms with Crippen LogP contribution in [-0.2, 0) is 16.1 Å². The zero-order valence-electron chi connectivity index (χ0n) is 16.1. The van der Waals surface area contributed by atoms with E-state index in [1.165, 1.54) is 5.56 Å². The van der Waals surface area contributed by atoms with Crippen LogP contribution < -0.4 is 5.32 Å². The number of nitrogens with zero attached hydrogens (tertiary/aromatic N) is 3. The Kier molecular flexibility index (Phi) is 7.06. The number of carbonyl (C=O) groups excluding carboxylic acids is 2. The zero-order chi connectivity index (χ0) is 19.1. The van der Waals surface area contributed by atoms with E-state index in [1.807, 2.05) is 28.0 Å². The van der Waals surface area contributed by atoms with Crippen LogP contribution >= 0.6 is 0 Å². The Bertz CT molecular complexity index is 625. The first kappa shape index (κ1) is 19.6. The van der Waals surface area contributed by atoms with E-state index < -0.39 is 0 Å². The van der Waals surface area contributed by atoms with Crippen LogP contribution in [0.15, 0.2) is 30.3 Å². The molecule has 2 fully saturated rings. The maximum absolute atomic E-state index is 12.9. The lowest BCUT2D eigenvalue weighted by molar-refractivity contribution is -0.132. The van der Waals surface area contributed by atoms with Crippen LogP contribution in [0.1, 0.15) is 18.4 Å². The van der Waals surface area contributed by atoms with Crippen LogP contribution in [0.2, 0.25) is 0 Å². The van der Waals surface area contributed by atoms with Gasteiger partial charge in [-0.3, -0.25) is 9.69 Å². The monoisotopic (exact) mass is 374 g/mol. The Morgan fingerprint density at radius 2 is 1.96 bits per heavy atom. The molecule has 148 valence electrons. The van der Waals surface area contributed by atoms with E-state index in [4.69, 9.17) is 4.74 Å². The van der Waals surface area contributed by atoms with E-state index in [2.05, 4.69) is 22.3 Å². The minimum Gasteiger partial charge on any atom is -0.383 e. The number of benzene rings is 1. The lowest BCUT2D eigenvalue weighted by atomic mass is 10.2. The van der Waals surface area contributed by atoms with E-state index in [9.17, 15) is 9.59 Å². The van der Waals surface area contributed by atoms with Crippen molar-refractivity contribution >= 4 is 11.9 Å². The summed E-state index contributed by atoms with van der Waals surface area (Å²) in [5, 5.41) is 2.88. The molecule has 3 amide bonds. The van der Waals surface area contributed by atoms with E-state index in [0.717, 1.165) is 39.0 Å². The molecule has 0 spiro atoms. The average Bonchev–Trinajstić information content (AvgIpc) is 2.89. The van der Waals surface area contributed by atoms with Gasteiger partial charge < -0.3 is 19.9 Å². The Morgan fingerprint density at radius 3 is 2.74 bits per heavy atom. The number of amides is 3. The third kappa shape index (κ3) is 5.20. The molecular weight excluding hydrogens is 344 g/mol. The standard InChI is InChI=1S/C20H30N4O3/c1-27-15-9-21-20(26)23-11-5-10-22(13-14-23)18-8-12-24(19(18)25)16-17-6-3-2-4-7-17/h2-4,6-7,18H,5,8-16H2,1H3,(H,21,26). The van der Waals surface area contributed by atoms with Crippen LogP contribution in [0.5, 0.6) is 0 Å². The molecule has 7 nitrogen and oxygen atoms in total. The summed E-state index contributed by atoms with van der Waals surface area (Å²) in [6.07, 6.45) is 1.76. The molecule has 1 unspecified atom stereocenters. The van der Waals surface area contributed by atoms with Crippen LogP contribution in [0, 0.1) is 0 Å². The molecule has 2 saturated heterocycles. The molecule has 0 bridgehead atoms. The largest absolute Gasteiger partial charge is 0.383 e. The van der Waals surface area contributed by atoms with Gasteiger partial charge in [0.2, 0.25) is 5.91 Å². The summed E-state index contributed by atoms with van der Waals surface area (Å²) in [5.41, 5.74) is 1.17. The number of nitrogens with one attached hydrogen (secondary N) is 1. The SMILES string of the molecule is COCCNC(=O)N1CCCN(C2CCN(Cc3ccccc3)C2=O)CC1. The van der Waals surface area contributed by atoms with Crippen molar-refractivity contribution in [3.8, 4) is 0 Å². The molecule has 0 saturated carbocycles. The number of carbonyl (C=O) groups is 2. The third-order valence-corrected chi connectivity index (χ3v) is 5.33. The normalized spacial score (nSPS) is 21.4. The van der Waals surface area contributed by atoms with Crippen molar-refractivity contribution in [1.82, 2.24) is 20.0 Å². The molecular formula is C20H30N4O3. The van der Waals surface area contributed by atoms with Crippen molar-refractivity contribution in [3.63, 3.8) is 0 Å². The van der Waals surface area contributed by atoms with Gasteiger partial charge in [0, 0.05) is 52.9 Å². The topological polar surface area (TPSA) is 65.1 Å². The second-order valence-corrected chi connectivity index (χ2v) is 7.15. The molecule has 0 aliphatic carbocycles. The molecule has 1 aromatic rings. The van der Waals surface area contributed by atoms with Gasteiger partial charge in [-0.25, -0.2) is 4.79 Å². The van der Waals surface area contributed by atoms with Crippen molar-refractivity contribution in [2.45, 2.75) is 25.4 Å². The molecule has 7 heteroatoms. The highest BCUT2D eigenvalue weighted by atomic mass is 16.5. The van der Waals surface area contributed by atoms with Crippen LogP contribution in [0.3, 0.4) is 0 Å². The molecule has 2 aliphatic rings. The fourth-order valence-corrected chi connectivity index (χ4v) is 3.85.